The SMILES string of the molecule is O=C(CSc1ccc([N+](=O)[O-])cc1)NCCCCOc1ccc(F)cc1. The Labute approximate surface area is 154 Å². The summed E-state index contributed by atoms with van der Waals surface area (Å²) in [5, 5.41) is 13.4. The summed E-state index contributed by atoms with van der Waals surface area (Å²) in [6.07, 6.45) is 1.54. The molecule has 1 N–H and O–H groups in total. The summed E-state index contributed by atoms with van der Waals surface area (Å²) in [4.78, 5) is 22.7. The van der Waals surface area contributed by atoms with Crippen molar-refractivity contribution >= 4 is 23.4 Å². The number of ether oxygens (including phenoxy) is 1. The van der Waals surface area contributed by atoms with Crippen LogP contribution in [0, 0.1) is 15.9 Å². The summed E-state index contributed by atoms with van der Waals surface area (Å²) in [7, 11) is 0. The van der Waals surface area contributed by atoms with Gasteiger partial charge in [0, 0.05) is 23.6 Å². The molecule has 0 aliphatic rings. The number of nitro benzene ring substituents is 1. The van der Waals surface area contributed by atoms with E-state index >= 15 is 0 Å². The lowest BCUT2D eigenvalue weighted by Gasteiger charge is -2.07. The molecule has 0 aliphatic heterocycles. The molecule has 26 heavy (non-hydrogen) atoms. The van der Waals surface area contributed by atoms with Crippen LogP contribution in [-0.2, 0) is 4.79 Å². The molecule has 0 atom stereocenters. The Kier molecular flexibility index (Phi) is 7.88. The van der Waals surface area contributed by atoms with Gasteiger partial charge in [-0.05, 0) is 49.2 Å². The molecule has 2 aromatic rings. The lowest BCUT2D eigenvalue weighted by atomic mass is 10.3. The minimum atomic E-state index is -0.457. The van der Waals surface area contributed by atoms with Gasteiger partial charge < -0.3 is 10.1 Å². The first-order valence-corrected chi connectivity index (χ1v) is 9.05. The fourth-order valence-corrected chi connectivity index (χ4v) is 2.77. The summed E-state index contributed by atoms with van der Waals surface area (Å²) >= 11 is 1.33. The van der Waals surface area contributed by atoms with Crippen LogP contribution in [0.3, 0.4) is 0 Å². The van der Waals surface area contributed by atoms with Gasteiger partial charge in [0.05, 0.1) is 17.3 Å². The Morgan fingerprint density at radius 3 is 2.46 bits per heavy atom. The van der Waals surface area contributed by atoms with E-state index in [0.717, 1.165) is 17.7 Å². The first-order chi connectivity index (χ1) is 12.5. The van der Waals surface area contributed by atoms with Gasteiger partial charge >= 0.3 is 0 Å². The second-order valence-corrected chi connectivity index (χ2v) is 6.45. The highest BCUT2D eigenvalue weighted by Crippen LogP contribution is 2.21. The third-order valence-corrected chi connectivity index (χ3v) is 4.41. The molecule has 1 amide bonds. The highest BCUT2D eigenvalue weighted by atomic mass is 32.2. The second-order valence-electron chi connectivity index (χ2n) is 5.40. The van der Waals surface area contributed by atoms with Crippen LogP contribution in [0.4, 0.5) is 10.1 Å². The van der Waals surface area contributed by atoms with Crippen LogP contribution in [0.15, 0.2) is 53.4 Å². The zero-order chi connectivity index (χ0) is 18.8. The number of carbonyl (C=O) groups is 1. The van der Waals surface area contributed by atoms with Crippen LogP contribution in [0.1, 0.15) is 12.8 Å². The molecular formula is C18H19FN2O4S. The minimum absolute atomic E-state index is 0.0293. The molecule has 138 valence electrons. The molecule has 0 spiro atoms. The number of non-ortho nitro benzene ring substituents is 1. The lowest BCUT2D eigenvalue weighted by Crippen LogP contribution is -2.26. The molecule has 0 bridgehead atoms. The lowest BCUT2D eigenvalue weighted by molar-refractivity contribution is -0.384. The number of amides is 1. The molecular weight excluding hydrogens is 359 g/mol. The second kappa shape index (κ2) is 10.4. The predicted octanol–water partition coefficient (Wildman–Crippen LogP) is 3.80. The van der Waals surface area contributed by atoms with Gasteiger partial charge in [-0.2, -0.15) is 0 Å². The van der Waals surface area contributed by atoms with Gasteiger partial charge in [-0.1, -0.05) is 0 Å². The number of hydrogen-bond donors (Lipinski definition) is 1. The number of hydrogen-bond acceptors (Lipinski definition) is 5. The summed E-state index contributed by atoms with van der Waals surface area (Å²) in [5.74, 6) is 0.485. The molecule has 0 saturated heterocycles. The van der Waals surface area contributed by atoms with Gasteiger partial charge in [0.1, 0.15) is 11.6 Å². The number of nitrogens with zero attached hydrogens (tertiary/aromatic N) is 1. The van der Waals surface area contributed by atoms with E-state index in [-0.39, 0.29) is 23.2 Å². The fraction of sp³-hybridized carbons (Fsp3) is 0.278. The van der Waals surface area contributed by atoms with E-state index in [1.807, 2.05) is 0 Å². The normalized spacial score (nSPS) is 10.3. The summed E-state index contributed by atoms with van der Waals surface area (Å²) < 4.78 is 18.2. The maximum absolute atomic E-state index is 12.7. The zero-order valence-corrected chi connectivity index (χ0v) is 14.8. The van der Waals surface area contributed by atoms with Gasteiger partial charge in [0.25, 0.3) is 5.69 Å². The Bertz CT molecular complexity index is 723. The molecule has 0 saturated carbocycles. The van der Waals surface area contributed by atoms with E-state index in [4.69, 9.17) is 4.74 Å². The Balaban J connectivity index is 1.54. The van der Waals surface area contributed by atoms with E-state index in [1.54, 1.807) is 24.3 Å². The summed E-state index contributed by atoms with van der Waals surface area (Å²) in [6, 6.07) is 11.9. The van der Waals surface area contributed by atoms with Crippen LogP contribution in [0.2, 0.25) is 0 Å². The first kappa shape index (κ1) is 19.7. The number of nitrogens with one attached hydrogen (secondary N) is 1. The maximum atomic E-state index is 12.7. The quantitative estimate of drug-likeness (QED) is 0.294. The number of nitro groups is 1. The predicted molar refractivity (Wildman–Crippen MR) is 98.0 cm³/mol. The molecule has 0 aromatic heterocycles. The van der Waals surface area contributed by atoms with E-state index in [1.165, 1.54) is 36.0 Å². The zero-order valence-electron chi connectivity index (χ0n) is 14.0. The van der Waals surface area contributed by atoms with Crippen molar-refractivity contribution in [1.82, 2.24) is 5.32 Å². The van der Waals surface area contributed by atoms with Crippen molar-refractivity contribution < 1.29 is 18.8 Å². The third-order valence-electron chi connectivity index (χ3n) is 3.39. The summed E-state index contributed by atoms with van der Waals surface area (Å²) in [5.41, 5.74) is 0.0293. The van der Waals surface area contributed by atoms with Crippen molar-refractivity contribution in [3.63, 3.8) is 0 Å². The van der Waals surface area contributed by atoms with E-state index in [2.05, 4.69) is 5.32 Å². The minimum Gasteiger partial charge on any atom is -0.494 e. The van der Waals surface area contributed by atoms with E-state index < -0.39 is 4.92 Å². The van der Waals surface area contributed by atoms with Crippen molar-refractivity contribution in [3.05, 3.63) is 64.5 Å². The van der Waals surface area contributed by atoms with Crippen LogP contribution < -0.4 is 10.1 Å². The van der Waals surface area contributed by atoms with Crippen molar-refractivity contribution in [3.8, 4) is 5.75 Å². The number of carbonyl (C=O) groups excluding carboxylic acids is 1. The van der Waals surface area contributed by atoms with Crippen LogP contribution in [-0.4, -0.2) is 29.7 Å². The van der Waals surface area contributed by atoms with Crippen molar-refractivity contribution in [2.24, 2.45) is 0 Å². The molecule has 0 radical (unpaired) electrons. The largest absolute Gasteiger partial charge is 0.494 e. The van der Waals surface area contributed by atoms with Crippen LogP contribution in [0.25, 0.3) is 0 Å². The van der Waals surface area contributed by atoms with E-state index in [9.17, 15) is 19.3 Å². The smallest absolute Gasteiger partial charge is 0.269 e. The third kappa shape index (κ3) is 7.10. The van der Waals surface area contributed by atoms with Crippen LogP contribution >= 0.6 is 11.8 Å². The Hall–Kier alpha value is -2.61. The van der Waals surface area contributed by atoms with Crippen molar-refractivity contribution in [2.45, 2.75) is 17.7 Å². The molecule has 0 heterocycles. The van der Waals surface area contributed by atoms with Gasteiger partial charge in [0.2, 0.25) is 5.91 Å². The number of halogens is 1. The highest BCUT2D eigenvalue weighted by Gasteiger charge is 2.06. The number of benzene rings is 2. The molecule has 2 rings (SSSR count). The van der Waals surface area contributed by atoms with Crippen molar-refractivity contribution in [1.29, 1.82) is 0 Å². The van der Waals surface area contributed by atoms with E-state index in [0.29, 0.717) is 18.9 Å². The standard InChI is InChI=1S/C18H19FN2O4S/c19-14-3-7-16(8-4-14)25-12-2-1-11-20-18(22)13-26-17-9-5-15(6-10-17)21(23)24/h3-10H,1-2,11-13H2,(H,20,22). The molecule has 0 unspecified atom stereocenters. The average molecular weight is 378 g/mol. The highest BCUT2D eigenvalue weighted by molar-refractivity contribution is 8.00. The monoisotopic (exact) mass is 378 g/mol. The topological polar surface area (TPSA) is 81.5 Å². The van der Waals surface area contributed by atoms with Gasteiger partial charge in [0.15, 0.2) is 0 Å². The maximum Gasteiger partial charge on any atom is 0.269 e. The molecule has 0 aliphatic carbocycles. The number of unbranched alkanes of at least 4 members (excludes halogenated alkanes) is 1. The van der Waals surface area contributed by atoms with Gasteiger partial charge in [-0.25, -0.2) is 4.39 Å². The molecule has 2 aromatic carbocycles. The summed E-state index contributed by atoms with van der Waals surface area (Å²) in [6.45, 7) is 1.05. The van der Waals surface area contributed by atoms with Gasteiger partial charge in [-0.3, -0.25) is 14.9 Å². The number of rotatable bonds is 10. The average Bonchev–Trinajstić information content (AvgIpc) is 2.64. The Morgan fingerprint density at radius 2 is 1.81 bits per heavy atom. The molecule has 8 heteroatoms. The molecule has 0 fully saturated rings. The van der Waals surface area contributed by atoms with Crippen LogP contribution in [0.5, 0.6) is 5.75 Å². The first-order valence-electron chi connectivity index (χ1n) is 8.07. The van der Waals surface area contributed by atoms with Crippen molar-refractivity contribution in [2.75, 3.05) is 18.9 Å². The fourth-order valence-electron chi connectivity index (χ4n) is 2.04. The number of thioether (sulfide) groups is 1. The Morgan fingerprint density at radius 1 is 1.12 bits per heavy atom. The van der Waals surface area contributed by atoms with Gasteiger partial charge in [-0.15, -0.1) is 11.8 Å². The molecule has 6 nitrogen and oxygen atoms in total.